The van der Waals surface area contributed by atoms with E-state index < -0.39 is 0 Å². The van der Waals surface area contributed by atoms with Gasteiger partial charge >= 0.3 is 0 Å². The minimum atomic E-state index is -0.315. The van der Waals surface area contributed by atoms with Crippen molar-refractivity contribution in [1.82, 2.24) is 4.57 Å². The summed E-state index contributed by atoms with van der Waals surface area (Å²) in [6.45, 7) is 0. The Morgan fingerprint density at radius 1 is 1.24 bits per heavy atom. The minimum absolute atomic E-state index is 0.114. The summed E-state index contributed by atoms with van der Waals surface area (Å²) in [6, 6.07) is 10.8. The molecule has 0 saturated carbocycles. The van der Waals surface area contributed by atoms with Crippen LogP contribution >= 0.6 is 11.6 Å². The van der Waals surface area contributed by atoms with E-state index in [0.717, 1.165) is 0 Å². The van der Waals surface area contributed by atoms with Crippen LogP contribution in [0, 0.1) is 11.3 Å². The van der Waals surface area contributed by atoms with Crippen LogP contribution in [-0.2, 0) is 7.05 Å². The summed E-state index contributed by atoms with van der Waals surface area (Å²) in [4.78, 5) is 11.8. The Kier molecular flexibility index (Phi) is 2.99. The standard InChI is InChI=1S/C13H9ClN2O/c1-16-7-6-9(11(8-15)13(16)17)10-4-2-3-5-12(10)14/h2-7H,1H3. The molecule has 2 aromatic rings. The number of hydrogen-bond donors (Lipinski definition) is 0. The second-order valence-electron chi connectivity index (χ2n) is 3.61. The van der Waals surface area contributed by atoms with Crippen LogP contribution in [0.5, 0.6) is 0 Å². The molecule has 0 bridgehead atoms. The molecule has 2 rings (SSSR count). The van der Waals surface area contributed by atoms with E-state index in [9.17, 15) is 4.79 Å². The van der Waals surface area contributed by atoms with Gasteiger partial charge in [0.05, 0.1) is 0 Å². The van der Waals surface area contributed by atoms with E-state index >= 15 is 0 Å². The van der Waals surface area contributed by atoms with E-state index in [1.54, 1.807) is 37.5 Å². The van der Waals surface area contributed by atoms with Crippen LogP contribution in [0.1, 0.15) is 5.56 Å². The molecule has 1 aromatic carbocycles. The van der Waals surface area contributed by atoms with Gasteiger partial charge in [0.15, 0.2) is 0 Å². The van der Waals surface area contributed by atoms with Crippen molar-refractivity contribution in [3.8, 4) is 17.2 Å². The number of aromatic nitrogens is 1. The monoisotopic (exact) mass is 244 g/mol. The van der Waals surface area contributed by atoms with Crippen LogP contribution in [-0.4, -0.2) is 4.57 Å². The molecule has 1 aromatic heterocycles. The predicted octanol–water partition coefficient (Wildman–Crippen LogP) is 2.58. The zero-order valence-electron chi connectivity index (χ0n) is 9.14. The van der Waals surface area contributed by atoms with Gasteiger partial charge in [-0.25, -0.2) is 0 Å². The Bertz CT molecular complexity index is 668. The highest BCUT2D eigenvalue weighted by Crippen LogP contribution is 2.28. The highest BCUT2D eigenvalue weighted by molar-refractivity contribution is 6.33. The van der Waals surface area contributed by atoms with Crippen molar-refractivity contribution in [3.63, 3.8) is 0 Å². The van der Waals surface area contributed by atoms with Crippen LogP contribution in [0.3, 0.4) is 0 Å². The van der Waals surface area contributed by atoms with Crippen LogP contribution < -0.4 is 5.56 Å². The third-order valence-corrected chi connectivity index (χ3v) is 2.87. The summed E-state index contributed by atoms with van der Waals surface area (Å²) in [7, 11) is 1.61. The maximum absolute atomic E-state index is 11.8. The smallest absolute Gasteiger partial charge is 0.268 e. The van der Waals surface area contributed by atoms with Crippen molar-refractivity contribution in [2.24, 2.45) is 7.05 Å². The van der Waals surface area contributed by atoms with Gasteiger partial charge in [0.2, 0.25) is 0 Å². The molecule has 0 fully saturated rings. The summed E-state index contributed by atoms with van der Waals surface area (Å²) in [5.74, 6) is 0. The molecule has 0 saturated heterocycles. The lowest BCUT2D eigenvalue weighted by Gasteiger charge is -2.07. The SMILES string of the molecule is Cn1ccc(-c2ccccc2Cl)c(C#N)c1=O. The van der Waals surface area contributed by atoms with Gasteiger partial charge in [0.25, 0.3) is 5.56 Å². The fourth-order valence-corrected chi connectivity index (χ4v) is 1.88. The highest BCUT2D eigenvalue weighted by Gasteiger charge is 2.12. The minimum Gasteiger partial charge on any atom is -0.317 e. The zero-order valence-corrected chi connectivity index (χ0v) is 9.90. The zero-order chi connectivity index (χ0) is 12.4. The Hall–Kier alpha value is -2.05. The first-order valence-corrected chi connectivity index (χ1v) is 5.37. The van der Waals surface area contributed by atoms with Crippen molar-refractivity contribution in [2.75, 3.05) is 0 Å². The van der Waals surface area contributed by atoms with Crippen molar-refractivity contribution < 1.29 is 0 Å². The highest BCUT2D eigenvalue weighted by atomic mass is 35.5. The number of halogens is 1. The maximum atomic E-state index is 11.8. The van der Waals surface area contributed by atoms with Gasteiger partial charge in [-0.2, -0.15) is 5.26 Å². The first-order chi connectivity index (χ1) is 8.15. The number of benzene rings is 1. The molecule has 0 N–H and O–H groups in total. The number of hydrogen-bond acceptors (Lipinski definition) is 2. The van der Waals surface area contributed by atoms with Crippen molar-refractivity contribution in [2.45, 2.75) is 0 Å². The molecule has 0 radical (unpaired) electrons. The van der Waals surface area contributed by atoms with Gasteiger partial charge in [0, 0.05) is 29.4 Å². The quantitative estimate of drug-likeness (QED) is 0.774. The summed E-state index contributed by atoms with van der Waals surface area (Å²) < 4.78 is 1.37. The van der Waals surface area contributed by atoms with Crippen molar-refractivity contribution in [1.29, 1.82) is 5.26 Å². The van der Waals surface area contributed by atoms with Crippen LogP contribution in [0.2, 0.25) is 5.02 Å². The molecule has 0 aliphatic heterocycles. The van der Waals surface area contributed by atoms with E-state index in [-0.39, 0.29) is 11.1 Å². The predicted molar refractivity (Wildman–Crippen MR) is 66.8 cm³/mol. The van der Waals surface area contributed by atoms with Gasteiger partial charge in [-0.05, 0) is 12.1 Å². The number of pyridine rings is 1. The fourth-order valence-electron chi connectivity index (χ4n) is 1.64. The first-order valence-electron chi connectivity index (χ1n) is 5.00. The Morgan fingerprint density at radius 3 is 2.59 bits per heavy atom. The van der Waals surface area contributed by atoms with Gasteiger partial charge < -0.3 is 4.57 Å². The largest absolute Gasteiger partial charge is 0.317 e. The number of rotatable bonds is 1. The summed E-state index contributed by atoms with van der Waals surface area (Å²) in [5, 5.41) is 9.59. The van der Waals surface area contributed by atoms with Gasteiger partial charge in [-0.1, -0.05) is 29.8 Å². The van der Waals surface area contributed by atoms with Gasteiger partial charge in [-0.15, -0.1) is 0 Å². The van der Waals surface area contributed by atoms with Crippen molar-refractivity contribution in [3.05, 3.63) is 57.5 Å². The molecule has 0 amide bonds. The fraction of sp³-hybridized carbons (Fsp3) is 0.0769. The Morgan fingerprint density at radius 2 is 1.94 bits per heavy atom. The molecule has 0 aliphatic carbocycles. The maximum Gasteiger partial charge on any atom is 0.268 e. The molecule has 0 atom stereocenters. The van der Waals surface area contributed by atoms with Crippen LogP contribution in [0.15, 0.2) is 41.3 Å². The molecule has 3 nitrogen and oxygen atoms in total. The van der Waals surface area contributed by atoms with Crippen LogP contribution in [0.25, 0.3) is 11.1 Å². The first kappa shape index (κ1) is 11.4. The average molecular weight is 245 g/mol. The molecule has 0 unspecified atom stereocenters. The molecule has 17 heavy (non-hydrogen) atoms. The summed E-state index contributed by atoms with van der Waals surface area (Å²) in [6.07, 6.45) is 1.63. The average Bonchev–Trinajstić information content (AvgIpc) is 2.33. The number of aryl methyl sites for hydroxylation is 1. The topological polar surface area (TPSA) is 45.8 Å². The molecular weight excluding hydrogens is 236 g/mol. The number of nitrogens with zero attached hydrogens (tertiary/aromatic N) is 2. The van der Waals surface area contributed by atoms with Gasteiger partial charge in [0.1, 0.15) is 11.6 Å². The molecule has 84 valence electrons. The molecule has 0 spiro atoms. The Labute approximate surface area is 104 Å². The second kappa shape index (κ2) is 4.44. The van der Waals surface area contributed by atoms with E-state index in [4.69, 9.17) is 16.9 Å². The van der Waals surface area contributed by atoms with E-state index in [0.29, 0.717) is 16.1 Å². The second-order valence-corrected chi connectivity index (χ2v) is 4.02. The summed E-state index contributed by atoms with van der Waals surface area (Å²) in [5.41, 5.74) is 1.07. The van der Waals surface area contributed by atoms with E-state index in [2.05, 4.69) is 0 Å². The number of nitriles is 1. The lowest BCUT2D eigenvalue weighted by molar-refractivity contribution is 0.857. The normalized spacial score (nSPS) is 9.94. The molecule has 4 heteroatoms. The van der Waals surface area contributed by atoms with E-state index in [1.807, 2.05) is 12.1 Å². The molecular formula is C13H9ClN2O. The molecule has 0 aliphatic rings. The Balaban J connectivity index is 2.79. The van der Waals surface area contributed by atoms with Gasteiger partial charge in [-0.3, -0.25) is 4.79 Å². The lowest BCUT2D eigenvalue weighted by atomic mass is 10.0. The van der Waals surface area contributed by atoms with Crippen LogP contribution in [0.4, 0.5) is 0 Å². The van der Waals surface area contributed by atoms with E-state index in [1.165, 1.54) is 4.57 Å². The third kappa shape index (κ3) is 1.95. The lowest BCUT2D eigenvalue weighted by Crippen LogP contribution is -2.19. The third-order valence-electron chi connectivity index (χ3n) is 2.54. The summed E-state index contributed by atoms with van der Waals surface area (Å²) >= 11 is 6.06. The molecule has 1 heterocycles. The van der Waals surface area contributed by atoms with Crippen molar-refractivity contribution >= 4 is 11.6 Å².